The van der Waals surface area contributed by atoms with E-state index in [0.717, 1.165) is 5.82 Å². The van der Waals surface area contributed by atoms with E-state index in [1.165, 1.54) is 12.8 Å². The van der Waals surface area contributed by atoms with Gasteiger partial charge in [0.1, 0.15) is 5.82 Å². The van der Waals surface area contributed by atoms with Crippen molar-refractivity contribution in [2.45, 2.75) is 39.2 Å². The summed E-state index contributed by atoms with van der Waals surface area (Å²) in [6.45, 7) is 5.52. The fraction of sp³-hybridized carbons (Fsp3) is 0.600. The van der Waals surface area contributed by atoms with E-state index in [-0.39, 0.29) is 6.04 Å². The largest absolute Gasteiger partial charge is 0.476 e. The summed E-state index contributed by atoms with van der Waals surface area (Å²) in [5.74, 6) is 1.99. The van der Waals surface area contributed by atoms with Gasteiger partial charge in [-0.25, -0.2) is 0 Å². The van der Waals surface area contributed by atoms with Crippen LogP contribution >= 0.6 is 0 Å². The number of pyridine rings is 1. The van der Waals surface area contributed by atoms with Crippen LogP contribution in [0, 0.1) is 17.2 Å². The van der Waals surface area contributed by atoms with Gasteiger partial charge in [0.2, 0.25) is 5.88 Å². The molecular weight excluding hydrogens is 252 g/mol. The summed E-state index contributed by atoms with van der Waals surface area (Å²) < 4.78 is 5.71. The van der Waals surface area contributed by atoms with E-state index in [2.05, 4.69) is 29.8 Å². The minimum atomic E-state index is 0.274. The van der Waals surface area contributed by atoms with Crippen LogP contribution in [-0.2, 0) is 0 Å². The third kappa shape index (κ3) is 3.77. The van der Waals surface area contributed by atoms with Gasteiger partial charge in [0.25, 0.3) is 0 Å². The number of hydrogen-bond donors (Lipinski definition) is 1. The molecule has 0 spiro atoms. The predicted molar refractivity (Wildman–Crippen MR) is 79.6 cm³/mol. The number of ether oxygens (including phenoxy) is 1. The van der Waals surface area contributed by atoms with Crippen molar-refractivity contribution in [1.82, 2.24) is 4.98 Å². The SMILES string of the molecule is CC(C)N(CCC#N)c1ccc(N)c(OCC2CC2)n1. The molecule has 5 nitrogen and oxygen atoms in total. The van der Waals surface area contributed by atoms with Gasteiger partial charge in [0.05, 0.1) is 24.8 Å². The van der Waals surface area contributed by atoms with E-state index in [1.54, 1.807) is 0 Å². The molecule has 20 heavy (non-hydrogen) atoms. The van der Waals surface area contributed by atoms with Crippen LogP contribution in [0.4, 0.5) is 11.5 Å². The summed E-state index contributed by atoms with van der Waals surface area (Å²) in [6, 6.07) is 6.16. The van der Waals surface area contributed by atoms with Gasteiger partial charge in [-0.2, -0.15) is 10.2 Å². The van der Waals surface area contributed by atoms with Crippen molar-refractivity contribution < 1.29 is 4.74 Å². The van der Waals surface area contributed by atoms with Gasteiger partial charge >= 0.3 is 0 Å². The van der Waals surface area contributed by atoms with Crippen LogP contribution in [-0.4, -0.2) is 24.2 Å². The lowest BCUT2D eigenvalue weighted by Gasteiger charge is -2.27. The Morgan fingerprint density at radius 2 is 2.25 bits per heavy atom. The Balaban J connectivity index is 2.12. The van der Waals surface area contributed by atoms with Crippen LogP contribution in [0.2, 0.25) is 0 Å². The summed E-state index contributed by atoms with van der Waals surface area (Å²) in [6.07, 6.45) is 2.95. The lowest BCUT2D eigenvalue weighted by atomic mass is 10.2. The number of hydrogen-bond acceptors (Lipinski definition) is 5. The fourth-order valence-electron chi connectivity index (χ4n) is 2.01. The second kappa shape index (κ2) is 6.47. The van der Waals surface area contributed by atoms with E-state index in [4.69, 9.17) is 15.7 Å². The molecular formula is C15H22N4O. The first kappa shape index (κ1) is 14.4. The number of nitrogens with two attached hydrogens (primary N) is 1. The van der Waals surface area contributed by atoms with Gasteiger partial charge < -0.3 is 15.4 Å². The van der Waals surface area contributed by atoms with Crippen molar-refractivity contribution in [3.8, 4) is 11.9 Å². The van der Waals surface area contributed by atoms with E-state index >= 15 is 0 Å². The Morgan fingerprint density at radius 1 is 1.50 bits per heavy atom. The Morgan fingerprint density at radius 3 is 2.85 bits per heavy atom. The quantitative estimate of drug-likeness (QED) is 0.827. The molecule has 1 aliphatic rings. The molecule has 1 heterocycles. The molecule has 1 aliphatic carbocycles. The Bertz CT molecular complexity index is 491. The lowest BCUT2D eigenvalue weighted by Crippen LogP contribution is -2.32. The molecule has 1 aromatic rings. The van der Waals surface area contributed by atoms with Crippen molar-refractivity contribution >= 4 is 11.5 Å². The molecule has 1 fully saturated rings. The average molecular weight is 274 g/mol. The number of nitrogens with zero attached hydrogens (tertiary/aromatic N) is 3. The zero-order chi connectivity index (χ0) is 14.5. The zero-order valence-electron chi connectivity index (χ0n) is 12.2. The summed E-state index contributed by atoms with van der Waals surface area (Å²) in [7, 11) is 0. The smallest absolute Gasteiger partial charge is 0.239 e. The summed E-state index contributed by atoms with van der Waals surface area (Å²) in [5.41, 5.74) is 6.48. The highest BCUT2D eigenvalue weighted by Crippen LogP contribution is 2.31. The van der Waals surface area contributed by atoms with Gasteiger partial charge in [-0.05, 0) is 44.7 Å². The zero-order valence-corrected chi connectivity index (χ0v) is 12.2. The monoisotopic (exact) mass is 274 g/mol. The maximum atomic E-state index is 8.75. The van der Waals surface area contributed by atoms with Crippen LogP contribution in [0.5, 0.6) is 5.88 Å². The standard InChI is InChI=1S/C15H22N4O/c1-11(2)19(9-3-8-16)14-7-6-13(17)15(18-14)20-10-12-4-5-12/h6-7,11-12H,3-5,9-10,17H2,1-2H3. The molecule has 1 aromatic heterocycles. The van der Waals surface area contributed by atoms with Crippen LogP contribution in [0.15, 0.2) is 12.1 Å². The maximum absolute atomic E-state index is 8.75. The molecule has 108 valence electrons. The Kier molecular flexibility index (Phi) is 4.67. The molecule has 0 unspecified atom stereocenters. The average Bonchev–Trinajstić information content (AvgIpc) is 3.23. The number of aromatic nitrogens is 1. The normalized spacial score (nSPS) is 14.1. The Labute approximate surface area is 120 Å². The molecule has 0 saturated heterocycles. The summed E-state index contributed by atoms with van der Waals surface area (Å²) >= 11 is 0. The van der Waals surface area contributed by atoms with Gasteiger partial charge in [0, 0.05) is 12.6 Å². The summed E-state index contributed by atoms with van der Waals surface area (Å²) in [5, 5.41) is 8.75. The molecule has 0 atom stereocenters. The molecule has 0 aliphatic heterocycles. The minimum Gasteiger partial charge on any atom is -0.476 e. The predicted octanol–water partition coefficient (Wildman–Crippen LogP) is 2.58. The van der Waals surface area contributed by atoms with E-state index < -0.39 is 0 Å². The molecule has 0 amide bonds. The van der Waals surface area contributed by atoms with Gasteiger partial charge in [-0.3, -0.25) is 0 Å². The second-order valence-electron chi connectivity index (χ2n) is 5.51. The highest BCUT2D eigenvalue weighted by atomic mass is 16.5. The maximum Gasteiger partial charge on any atom is 0.239 e. The molecule has 5 heteroatoms. The third-order valence-corrected chi connectivity index (χ3v) is 3.41. The molecule has 2 rings (SSSR count). The highest BCUT2D eigenvalue weighted by Gasteiger charge is 2.23. The summed E-state index contributed by atoms with van der Waals surface area (Å²) in [4.78, 5) is 6.61. The first-order valence-electron chi connectivity index (χ1n) is 7.14. The van der Waals surface area contributed by atoms with Crippen molar-refractivity contribution in [3.05, 3.63) is 12.1 Å². The number of nitrogen functional groups attached to an aromatic ring is 1. The van der Waals surface area contributed by atoms with Crippen LogP contribution in [0.25, 0.3) is 0 Å². The van der Waals surface area contributed by atoms with Gasteiger partial charge in [-0.1, -0.05) is 0 Å². The van der Waals surface area contributed by atoms with Crippen LogP contribution < -0.4 is 15.4 Å². The van der Waals surface area contributed by atoms with Gasteiger partial charge in [-0.15, -0.1) is 0 Å². The minimum absolute atomic E-state index is 0.274. The molecule has 0 bridgehead atoms. The second-order valence-corrected chi connectivity index (χ2v) is 5.51. The van der Waals surface area contributed by atoms with E-state index in [1.807, 2.05) is 12.1 Å². The highest BCUT2D eigenvalue weighted by molar-refractivity contribution is 5.55. The molecule has 0 aromatic carbocycles. The first-order valence-corrected chi connectivity index (χ1v) is 7.14. The molecule has 0 radical (unpaired) electrons. The van der Waals surface area contributed by atoms with E-state index in [9.17, 15) is 0 Å². The van der Waals surface area contributed by atoms with Crippen molar-refractivity contribution in [2.24, 2.45) is 5.92 Å². The first-order chi connectivity index (χ1) is 9.61. The van der Waals surface area contributed by atoms with Crippen molar-refractivity contribution in [2.75, 3.05) is 23.8 Å². The van der Waals surface area contributed by atoms with Crippen molar-refractivity contribution in [1.29, 1.82) is 5.26 Å². The number of rotatable bonds is 7. The van der Waals surface area contributed by atoms with Crippen LogP contribution in [0.1, 0.15) is 33.1 Å². The molecule has 1 saturated carbocycles. The van der Waals surface area contributed by atoms with E-state index in [0.29, 0.717) is 37.1 Å². The topological polar surface area (TPSA) is 75.2 Å². The fourth-order valence-corrected chi connectivity index (χ4v) is 2.01. The van der Waals surface area contributed by atoms with Gasteiger partial charge in [0.15, 0.2) is 0 Å². The van der Waals surface area contributed by atoms with Crippen molar-refractivity contribution in [3.63, 3.8) is 0 Å². The lowest BCUT2D eigenvalue weighted by molar-refractivity contribution is 0.290. The number of anilines is 2. The van der Waals surface area contributed by atoms with Crippen LogP contribution in [0.3, 0.4) is 0 Å². The Hall–Kier alpha value is -1.96. The molecule has 2 N–H and O–H groups in total. The number of nitriles is 1. The third-order valence-electron chi connectivity index (χ3n) is 3.41.